The van der Waals surface area contributed by atoms with Crippen molar-refractivity contribution in [1.82, 2.24) is 29.7 Å². The van der Waals surface area contributed by atoms with Gasteiger partial charge in [-0.1, -0.05) is 31.4 Å². The van der Waals surface area contributed by atoms with E-state index in [2.05, 4.69) is 21.0 Å². The van der Waals surface area contributed by atoms with Gasteiger partial charge in [-0.3, -0.25) is 48.5 Å². The summed E-state index contributed by atoms with van der Waals surface area (Å²) in [5.41, 5.74) is 2.86. The quantitative estimate of drug-likeness (QED) is 0.0479. The number of amides is 6. The number of fused-ring (bicyclic) bond motifs is 2. The van der Waals surface area contributed by atoms with Gasteiger partial charge in [0.05, 0.1) is 53.0 Å². The van der Waals surface area contributed by atoms with E-state index in [1.807, 2.05) is 0 Å². The lowest BCUT2D eigenvalue weighted by Crippen LogP contribution is -2.54. The lowest BCUT2D eigenvalue weighted by Gasteiger charge is -2.27. The van der Waals surface area contributed by atoms with E-state index in [4.69, 9.17) is 4.74 Å². The highest BCUT2D eigenvalue weighted by molar-refractivity contribution is 6.24. The Morgan fingerprint density at radius 1 is 0.968 bits per heavy atom. The van der Waals surface area contributed by atoms with Gasteiger partial charge in [-0.25, -0.2) is 4.39 Å². The standard InChI is InChI=1S/C46H48FN7O9/c1-27(56)37-23-34(43(59)50-35-21-28(26-55)20-33(42(35)47)30-24-49-52(2)25-30)38-22-31(16-18-53(37)38)63-19-7-5-3-4-6-13-39(57)48-17-9-11-29-10-8-12-32-41(29)46(62)54(45(32)61)36-14-15-40(58)51-44(36)60/h8,10,12,16,18,20-25,36,55H,3-7,9,11,13-15,17,19,26H2,1-2H3,(H,48,57)(H,50,59)(H,51,58,60). The van der Waals surface area contributed by atoms with Crippen LogP contribution in [0.4, 0.5) is 10.1 Å². The molecule has 0 saturated carbocycles. The summed E-state index contributed by atoms with van der Waals surface area (Å²) in [4.78, 5) is 90.1. The van der Waals surface area contributed by atoms with Gasteiger partial charge in [0.2, 0.25) is 17.7 Å². The summed E-state index contributed by atoms with van der Waals surface area (Å²) in [6.07, 6.45) is 10.3. The second-order valence-corrected chi connectivity index (χ2v) is 15.7. The van der Waals surface area contributed by atoms with Crippen LogP contribution in [-0.4, -0.2) is 84.6 Å². The number of unbranched alkanes of at least 4 members (excludes halogenated alkanes) is 4. The molecule has 5 aromatic rings. The van der Waals surface area contributed by atoms with Crippen molar-refractivity contribution in [2.24, 2.45) is 7.05 Å². The summed E-state index contributed by atoms with van der Waals surface area (Å²) in [6.45, 7) is 1.80. The van der Waals surface area contributed by atoms with Crippen molar-refractivity contribution in [2.45, 2.75) is 83.8 Å². The predicted octanol–water partition coefficient (Wildman–Crippen LogP) is 5.30. The molecule has 1 saturated heterocycles. The number of imide groups is 2. The Kier molecular flexibility index (Phi) is 13.5. The maximum absolute atomic E-state index is 15.7. The van der Waals surface area contributed by atoms with Gasteiger partial charge in [0.25, 0.3) is 17.7 Å². The van der Waals surface area contributed by atoms with Crippen molar-refractivity contribution in [1.29, 1.82) is 0 Å². The van der Waals surface area contributed by atoms with E-state index in [-0.39, 0.29) is 64.8 Å². The number of ketones is 1. The molecular weight excluding hydrogens is 814 g/mol. The molecule has 328 valence electrons. The fourth-order valence-electron chi connectivity index (χ4n) is 8.04. The van der Waals surface area contributed by atoms with E-state index < -0.39 is 41.4 Å². The molecule has 0 aliphatic carbocycles. The topological polar surface area (TPSA) is 211 Å². The van der Waals surface area contributed by atoms with Crippen molar-refractivity contribution in [3.8, 4) is 16.9 Å². The van der Waals surface area contributed by atoms with Crippen LogP contribution < -0.4 is 20.7 Å². The highest BCUT2D eigenvalue weighted by Gasteiger charge is 2.45. The second kappa shape index (κ2) is 19.4. The van der Waals surface area contributed by atoms with E-state index in [1.54, 1.807) is 54.2 Å². The molecule has 2 aromatic carbocycles. The number of Topliss-reactive ketones (excluding diaryl/α,β-unsaturated/α-hetero) is 1. The number of pyridine rings is 1. The number of carbonyl (C=O) groups excluding carboxylic acids is 7. The first kappa shape index (κ1) is 44.1. The number of carbonyl (C=O) groups is 7. The molecular formula is C46H48FN7O9. The average Bonchev–Trinajstić information content (AvgIpc) is 3.94. The molecule has 0 radical (unpaired) electrons. The number of nitrogens with one attached hydrogen (secondary N) is 3. The minimum Gasteiger partial charge on any atom is -0.493 e. The number of ether oxygens (including phenoxy) is 1. The fraction of sp³-hybridized carbons (Fsp3) is 0.348. The van der Waals surface area contributed by atoms with Gasteiger partial charge in [0.1, 0.15) is 11.8 Å². The highest BCUT2D eigenvalue weighted by atomic mass is 19.1. The first-order valence-corrected chi connectivity index (χ1v) is 21.0. The summed E-state index contributed by atoms with van der Waals surface area (Å²) < 4.78 is 24.8. The summed E-state index contributed by atoms with van der Waals surface area (Å²) in [6, 6.07) is 11.7. The van der Waals surface area contributed by atoms with Crippen LogP contribution in [0.3, 0.4) is 0 Å². The van der Waals surface area contributed by atoms with Crippen LogP contribution in [0.5, 0.6) is 5.75 Å². The Hall–Kier alpha value is -7.01. The summed E-state index contributed by atoms with van der Waals surface area (Å²) in [5, 5.41) is 21.7. The number of aliphatic hydroxyl groups is 1. The number of aliphatic hydroxyl groups excluding tert-OH is 1. The molecule has 63 heavy (non-hydrogen) atoms. The molecule has 0 spiro atoms. The highest BCUT2D eigenvalue weighted by Crippen LogP contribution is 2.32. The van der Waals surface area contributed by atoms with E-state index >= 15 is 4.39 Å². The lowest BCUT2D eigenvalue weighted by atomic mass is 9.99. The second-order valence-electron chi connectivity index (χ2n) is 15.7. The van der Waals surface area contributed by atoms with Crippen LogP contribution in [-0.2, 0) is 34.5 Å². The van der Waals surface area contributed by atoms with Crippen LogP contribution >= 0.6 is 0 Å². The predicted molar refractivity (Wildman–Crippen MR) is 228 cm³/mol. The van der Waals surface area contributed by atoms with E-state index in [0.717, 1.165) is 30.6 Å². The van der Waals surface area contributed by atoms with Gasteiger partial charge < -0.3 is 24.9 Å². The smallest absolute Gasteiger partial charge is 0.262 e. The van der Waals surface area contributed by atoms with Gasteiger partial charge >= 0.3 is 0 Å². The Balaban J connectivity index is 0.836. The maximum atomic E-state index is 15.7. The summed E-state index contributed by atoms with van der Waals surface area (Å²) >= 11 is 0. The number of aromatic nitrogens is 3. The van der Waals surface area contributed by atoms with Gasteiger partial charge in [-0.05, 0) is 73.6 Å². The van der Waals surface area contributed by atoms with Crippen molar-refractivity contribution in [2.75, 3.05) is 18.5 Å². The fourth-order valence-corrected chi connectivity index (χ4v) is 8.04. The molecule has 4 N–H and O–H groups in total. The lowest BCUT2D eigenvalue weighted by molar-refractivity contribution is -0.136. The van der Waals surface area contributed by atoms with Crippen molar-refractivity contribution in [3.05, 3.63) is 106 Å². The Bertz CT molecular complexity index is 2630. The number of halogens is 1. The summed E-state index contributed by atoms with van der Waals surface area (Å²) in [7, 11) is 1.70. The third-order valence-electron chi connectivity index (χ3n) is 11.2. The Labute approximate surface area is 361 Å². The van der Waals surface area contributed by atoms with Crippen LogP contribution in [0, 0.1) is 5.82 Å². The molecule has 1 atom stereocenters. The molecule has 17 heteroatoms. The van der Waals surface area contributed by atoms with Crippen LogP contribution in [0.1, 0.15) is 117 Å². The molecule has 3 aromatic heterocycles. The van der Waals surface area contributed by atoms with Gasteiger partial charge in [-0.15, -0.1) is 0 Å². The molecule has 2 aliphatic rings. The number of benzene rings is 2. The van der Waals surface area contributed by atoms with Crippen molar-refractivity contribution >= 4 is 52.4 Å². The van der Waals surface area contributed by atoms with Crippen molar-refractivity contribution in [3.63, 3.8) is 0 Å². The zero-order valence-corrected chi connectivity index (χ0v) is 35.0. The molecule has 16 nitrogen and oxygen atoms in total. The van der Waals surface area contributed by atoms with Gasteiger partial charge in [0.15, 0.2) is 11.6 Å². The summed E-state index contributed by atoms with van der Waals surface area (Å²) in [5.74, 6) is -3.39. The van der Waals surface area contributed by atoms with E-state index in [0.29, 0.717) is 66.8 Å². The molecule has 2 aliphatic heterocycles. The van der Waals surface area contributed by atoms with Crippen molar-refractivity contribution < 1.29 is 47.8 Å². The maximum Gasteiger partial charge on any atom is 0.262 e. The number of hydrogen-bond acceptors (Lipinski definition) is 10. The van der Waals surface area contributed by atoms with Gasteiger partial charge in [0, 0.05) is 62.9 Å². The van der Waals surface area contributed by atoms with Gasteiger partial charge in [-0.2, -0.15) is 5.10 Å². The molecule has 1 fully saturated rings. The molecule has 1 unspecified atom stereocenters. The molecule has 5 heterocycles. The van der Waals surface area contributed by atoms with Crippen LogP contribution in [0.25, 0.3) is 16.6 Å². The third-order valence-corrected chi connectivity index (χ3v) is 11.2. The van der Waals surface area contributed by atoms with E-state index in [1.165, 1.54) is 36.0 Å². The minimum absolute atomic E-state index is 0.0463. The third kappa shape index (κ3) is 9.73. The Morgan fingerprint density at radius 2 is 1.76 bits per heavy atom. The molecule has 7 rings (SSSR count). The number of aryl methyl sites for hydroxylation is 2. The number of rotatable bonds is 19. The van der Waals surface area contributed by atoms with Crippen LogP contribution in [0.15, 0.2) is 67.1 Å². The first-order chi connectivity index (χ1) is 30.3. The zero-order chi connectivity index (χ0) is 44.8. The van der Waals surface area contributed by atoms with E-state index in [9.17, 15) is 38.7 Å². The molecule has 0 bridgehead atoms. The number of hydrogen-bond donors (Lipinski definition) is 4. The minimum atomic E-state index is -1.03. The molecule has 6 amide bonds. The number of piperidine rings is 1. The first-order valence-electron chi connectivity index (χ1n) is 21.0. The zero-order valence-electron chi connectivity index (χ0n) is 35.0. The van der Waals surface area contributed by atoms with Crippen LogP contribution in [0.2, 0.25) is 0 Å². The Morgan fingerprint density at radius 3 is 2.51 bits per heavy atom. The number of nitrogens with zero attached hydrogens (tertiary/aromatic N) is 4. The number of anilines is 1. The SMILES string of the molecule is CC(=O)c1cc(C(=O)Nc2cc(CO)cc(-c3cnn(C)c3)c2F)c2cc(OCCCCCCCC(=O)NCCCc3cccc4c3C(=O)N(C3CCC(=O)NC3=O)C4=O)ccn12. The normalized spacial score (nSPS) is 14.9. The average molecular weight is 862 g/mol. The monoisotopic (exact) mass is 861 g/mol. The largest absolute Gasteiger partial charge is 0.493 e.